The van der Waals surface area contributed by atoms with Crippen molar-refractivity contribution in [3.63, 3.8) is 0 Å². The minimum atomic E-state index is -0.313. The maximum absolute atomic E-state index is 12.3. The standard InChI is InChI=1S/C24H30ClN3O/c1-6-11-28-22-12-16(2)18(13-20(22)17(3)14-24(28,4)5)15-26-27-23(29)19-9-7-8-10-21(19)25/h7-10,12-13,15,17H,6,11,14H2,1-5H3,(H,27,29)/b26-15-. The summed E-state index contributed by atoms with van der Waals surface area (Å²) in [7, 11) is 0. The van der Waals surface area contributed by atoms with E-state index in [9.17, 15) is 4.79 Å². The third-order valence-corrected chi connectivity index (χ3v) is 6.04. The Balaban J connectivity index is 1.85. The van der Waals surface area contributed by atoms with Crippen molar-refractivity contribution in [1.82, 2.24) is 5.43 Å². The largest absolute Gasteiger partial charge is 0.366 e. The minimum absolute atomic E-state index is 0.146. The number of benzene rings is 2. The number of carbonyl (C=O) groups is 1. The topological polar surface area (TPSA) is 44.7 Å². The van der Waals surface area contributed by atoms with E-state index in [0.29, 0.717) is 16.5 Å². The highest BCUT2D eigenvalue weighted by Gasteiger charge is 2.36. The molecule has 1 unspecified atom stereocenters. The highest BCUT2D eigenvalue weighted by atomic mass is 35.5. The van der Waals surface area contributed by atoms with E-state index in [1.165, 1.54) is 11.3 Å². The second kappa shape index (κ2) is 8.58. The lowest BCUT2D eigenvalue weighted by Crippen LogP contribution is -2.48. The summed E-state index contributed by atoms with van der Waals surface area (Å²) in [4.78, 5) is 14.8. The molecule has 2 aromatic carbocycles. The molecule has 0 saturated carbocycles. The van der Waals surface area contributed by atoms with E-state index in [0.717, 1.165) is 30.5 Å². The summed E-state index contributed by atoms with van der Waals surface area (Å²) in [6.45, 7) is 12.3. The molecular weight excluding hydrogens is 382 g/mol. The Labute approximate surface area is 179 Å². The Hall–Kier alpha value is -2.33. The van der Waals surface area contributed by atoms with Gasteiger partial charge in [-0.2, -0.15) is 5.10 Å². The highest BCUT2D eigenvalue weighted by molar-refractivity contribution is 6.33. The zero-order chi connectivity index (χ0) is 21.2. The summed E-state index contributed by atoms with van der Waals surface area (Å²) < 4.78 is 0. The molecule has 1 amide bonds. The SMILES string of the molecule is CCCN1c2cc(C)c(/C=N\NC(=O)c3ccccc3Cl)cc2C(C)CC1(C)C. The van der Waals surface area contributed by atoms with Gasteiger partial charge in [0.2, 0.25) is 0 Å². The van der Waals surface area contributed by atoms with Crippen molar-refractivity contribution >= 4 is 29.4 Å². The molecular formula is C24H30ClN3O. The van der Waals surface area contributed by atoms with Crippen LogP contribution in [0, 0.1) is 6.92 Å². The molecule has 1 aliphatic heterocycles. The molecule has 3 rings (SSSR count). The van der Waals surface area contributed by atoms with Crippen LogP contribution in [0.3, 0.4) is 0 Å². The van der Waals surface area contributed by atoms with Crippen molar-refractivity contribution in [1.29, 1.82) is 0 Å². The van der Waals surface area contributed by atoms with E-state index in [4.69, 9.17) is 11.6 Å². The molecule has 1 N–H and O–H groups in total. The zero-order valence-electron chi connectivity index (χ0n) is 17.9. The van der Waals surface area contributed by atoms with Gasteiger partial charge in [-0.3, -0.25) is 4.79 Å². The van der Waals surface area contributed by atoms with E-state index >= 15 is 0 Å². The number of aryl methyl sites for hydroxylation is 1. The summed E-state index contributed by atoms with van der Waals surface area (Å²) in [6.07, 6.45) is 3.96. The first-order valence-corrected chi connectivity index (χ1v) is 10.6. The normalized spacial score (nSPS) is 18.0. The first kappa shape index (κ1) is 21.4. The number of hydrogen-bond donors (Lipinski definition) is 1. The van der Waals surface area contributed by atoms with Crippen LogP contribution in [0.25, 0.3) is 0 Å². The van der Waals surface area contributed by atoms with Crippen molar-refractivity contribution in [2.24, 2.45) is 5.10 Å². The van der Waals surface area contributed by atoms with Crippen LogP contribution in [-0.2, 0) is 0 Å². The Morgan fingerprint density at radius 2 is 2.07 bits per heavy atom. The van der Waals surface area contributed by atoms with Gasteiger partial charge in [0.1, 0.15) is 0 Å². The first-order valence-electron chi connectivity index (χ1n) is 10.2. The van der Waals surface area contributed by atoms with Crippen LogP contribution in [0.5, 0.6) is 0 Å². The Morgan fingerprint density at radius 3 is 2.76 bits per heavy atom. The maximum atomic E-state index is 12.3. The van der Waals surface area contributed by atoms with E-state index in [1.54, 1.807) is 30.5 Å². The van der Waals surface area contributed by atoms with E-state index in [2.05, 4.69) is 62.2 Å². The van der Waals surface area contributed by atoms with Crippen LogP contribution in [0.15, 0.2) is 41.5 Å². The first-order chi connectivity index (χ1) is 13.7. The number of hydrazone groups is 1. The maximum Gasteiger partial charge on any atom is 0.272 e. The summed E-state index contributed by atoms with van der Waals surface area (Å²) in [5.41, 5.74) is 7.98. The summed E-state index contributed by atoms with van der Waals surface area (Å²) >= 11 is 6.08. The number of nitrogens with zero attached hydrogens (tertiary/aromatic N) is 2. The molecule has 2 aromatic rings. The fourth-order valence-electron chi connectivity index (χ4n) is 4.30. The Morgan fingerprint density at radius 1 is 1.34 bits per heavy atom. The van der Waals surface area contributed by atoms with Gasteiger partial charge in [-0.15, -0.1) is 0 Å². The van der Waals surface area contributed by atoms with Crippen LogP contribution in [0.4, 0.5) is 5.69 Å². The van der Waals surface area contributed by atoms with Crippen LogP contribution in [0.1, 0.15) is 73.5 Å². The van der Waals surface area contributed by atoms with Crippen molar-refractivity contribution in [3.8, 4) is 0 Å². The molecule has 0 saturated heterocycles. The predicted octanol–water partition coefficient (Wildman–Crippen LogP) is 5.91. The van der Waals surface area contributed by atoms with Crippen LogP contribution in [-0.4, -0.2) is 24.2 Å². The quantitative estimate of drug-likeness (QED) is 0.490. The number of rotatable bonds is 5. The predicted molar refractivity (Wildman–Crippen MR) is 122 cm³/mol. The third-order valence-electron chi connectivity index (χ3n) is 5.71. The number of carbonyl (C=O) groups excluding carboxylic acids is 1. The number of amides is 1. The Bertz CT molecular complexity index is 936. The molecule has 0 aromatic heterocycles. The molecule has 0 radical (unpaired) electrons. The number of nitrogens with one attached hydrogen (secondary N) is 1. The molecule has 154 valence electrons. The zero-order valence-corrected chi connectivity index (χ0v) is 18.7. The minimum Gasteiger partial charge on any atom is -0.366 e. The average molecular weight is 412 g/mol. The van der Waals surface area contributed by atoms with E-state index < -0.39 is 0 Å². The van der Waals surface area contributed by atoms with Gasteiger partial charge in [-0.1, -0.05) is 37.6 Å². The lowest BCUT2D eigenvalue weighted by molar-refractivity contribution is 0.0955. The van der Waals surface area contributed by atoms with Crippen LogP contribution in [0.2, 0.25) is 5.02 Å². The van der Waals surface area contributed by atoms with Crippen molar-refractivity contribution in [3.05, 3.63) is 63.7 Å². The molecule has 1 heterocycles. The number of anilines is 1. The van der Waals surface area contributed by atoms with Crippen molar-refractivity contribution in [2.45, 2.75) is 58.9 Å². The smallest absolute Gasteiger partial charge is 0.272 e. The molecule has 5 heteroatoms. The molecule has 29 heavy (non-hydrogen) atoms. The molecule has 4 nitrogen and oxygen atoms in total. The molecule has 0 spiro atoms. The summed E-state index contributed by atoms with van der Waals surface area (Å²) in [5, 5.41) is 4.60. The van der Waals surface area contributed by atoms with Gasteiger partial charge in [-0.05, 0) is 80.5 Å². The third kappa shape index (κ3) is 4.48. The molecule has 1 aliphatic rings. The van der Waals surface area contributed by atoms with Gasteiger partial charge >= 0.3 is 0 Å². The van der Waals surface area contributed by atoms with E-state index in [-0.39, 0.29) is 11.4 Å². The molecule has 0 fully saturated rings. The van der Waals surface area contributed by atoms with Gasteiger partial charge in [0.25, 0.3) is 5.91 Å². The van der Waals surface area contributed by atoms with Crippen molar-refractivity contribution < 1.29 is 4.79 Å². The molecule has 0 aliphatic carbocycles. The van der Waals surface area contributed by atoms with Gasteiger partial charge in [0.15, 0.2) is 0 Å². The lowest BCUT2D eigenvalue weighted by Gasteiger charge is -2.48. The van der Waals surface area contributed by atoms with Crippen molar-refractivity contribution in [2.75, 3.05) is 11.4 Å². The average Bonchev–Trinajstić information content (AvgIpc) is 2.66. The van der Waals surface area contributed by atoms with E-state index in [1.807, 2.05) is 0 Å². The van der Waals surface area contributed by atoms with Gasteiger partial charge in [-0.25, -0.2) is 5.43 Å². The summed E-state index contributed by atoms with van der Waals surface area (Å²) in [5.74, 6) is 0.158. The lowest BCUT2D eigenvalue weighted by atomic mass is 9.79. The van der Waals surface area contributed by atoms with Crippen LogP contribution >= 0.6 is 11.6 Å². The van der Waals surface area contributed by atoms with Gasteiger partial charge in [0.05, 0.1) is 16.8 Å². The second-order valence-corrected chi connectivity index (χ2v) is 8.92. The number of fused-ring (bicyclic) bond motifs is 1. The second-order valence-electron chi connectivity index (χ2n) is 8.52. The number of halogens is 1. The molecule has 0 bridgehead atoms. The monoisotopic (exact) mass is 411 g/mol. The summed E-state index contributed by atoms with van der Waals surface area (Å²) in [6, 6.07) is 11.4. The number of hydrogen-bond acceptors (Lipinski definition) is 3. The fourth-order valence-corrected chi connectivity index (χ4v) is 4.52. The highest BCUT2D eigenvalue weighted by Crippen LogP contribution is 2.44. The van der Waals surface area contributed by atoms with Gasteiger partial charge in [0, 0.05) is 17.8 Å². The van der Waals surface area contributed by atoms with Crippen LogP contribution < -0.4 is 10.3 Å². The van der Waals surface area contributed by atoms with Gasteiger partial charge < -0.3 is 4.90 Å². The Kier molecular flexibility index (Phi) is 6.33. The molecule has 1 atom stereocenters. The fraction of sp³-hybridized carbons (Fsp3) is 0.417.